The van der Waals surface area contributed by atoms with Gasteiger partial charge in [-0.05, 0) is 24.3 Å². The van der Waals surface area contributed by atoms with Crippen LogP contribution < -0.4 is 5.73 Å². The van der Waals surface area contributed by atoms with E-state index >= 15 is 0 Å². The Kier molecular flexibility index (Phi) is 3.40. The van der Waals surface area contributed by atoms with Crippen LogP contribution in [-0.4, -0.2) is 12.1 Å². The molecule has 0 fully saturated rings. The van der Waals surface area contributed by atoms with Gasteiger partial charge in [-0.2, -0.15) is 0 Å². The maximum atomic E-state index is 11.6. The third-order valence-electron chi connectivity index (χ3n) is 2.09. The van der Waals surface area contributed by atoms with E-state index in [2.05, 4.69) is 0 Å². The van der Waals surface area contributed by atoms with Gasteiger partial charge in [0.25, 0.3) is 0 Å². The summed E-state index contributed by atoms with van der Waals surface area (Å²) in [6.07, 6.45) is 1.03. The summed E-state index contributed by atoms with van der Waals surface area (Å²) in [5.41, 5.74) is 6.73. The third kappa shape index (κ3) is 2.42. The van der Waals surface area contributed by atoms with Gasteiger partial charge in [0.1, 0.15) is 6.29 Å². The van der Waals surface area contributed by atoms with Crippen LogP contribution in [0.2, 0.25) is 0 Å². The Hall–Kier alpha value is -1.64. The fourth-order valence-electron chi connectivity index (χ4n) is 1.18. The topological polar surface area (TPSA) is 60.2 Å². The van der Waals surface area contributed by atoms with E-state index in [0.29, 0.717) is 11.3 Å². The Morgan fingerprint density at radius 3 is 2.50 bits per heavy atom. The smallest absolute Gasteiger partial charge is 0.166 e. The van der Waals surface area contributed by atoms with Crippen LogP contribution in [0.15, 0.2) is 24.3 Å². The summed E-state index contributed by atoms with van der Waals surface area (Å²) in [6.45, 7) is 1.74. The molecule has 0 bridgehead atoms. The molecule has 0 saturated heterocycles. The van der Waals surface area contributed by atoms with Crippen molar-refractivity contribution in [3.05, 3.63) is 29.8 Å². The first kappa shape index (κ1) is 10.4. The molecule has 1 rings (SSSR count). The predicted octanol–water partition coefficient (Wildman–Crippen LogP) is 1.68. The van der Waals surface area contributed by atoms with Crippen LogP contribution >= 0.6 is 0 Å². The Bertz CT molecular complexity index is 330. The molecule has 0 aliphatic carbocycles. The fraction of sp³-hybridized carbons (Fsp3) is 0.273. The van der Waals surface area contributed by atoms with Crippen molar-refractivity contribution >= 4 is 17.8 Å². The van der Waals surface area contributed by atoms with Crippen molar-refractivity contribution in [2.75, 3.05) is 5.73 Å². The number of carbonyl (C=O) groups is 2. The molecule has 0 radical (unpaired) electrons. The van der Waals surface area contributed by atoms with Crippen LogP contribution in [0, 0.1) is 5.92 Å². The minimum absolute atomic E-state index is 0.0166. The number of hydrogen-bond acceptors (Lipinski definition) is 3. The molecule has 0 heterocycles. The number of nitrogens with two attached hydrogens (primary N) is 1. The molecule has 74 valence electrons. The van der Waals surface area contributed by atoms with Gasteiger partial charge in [-0.1, -0.05) is 6.92 Å². The highest BCUT2D eigenvalue weighted by atomic mass is 16.1. The van der Waals surface area contributed by atoms with Gasteiger partial charge >= 0.3 is 0 Å². The lowest BCUT2D eigenvalue weighted by Crippen LogP contribution is -2.11. The van der Waals surface area contributed by atoms with Crippen LogP contribution in [0.1, 0.15) is 23.7 Å². The van der Waals surface area contributed by atoms with Crippen molar-refractivity contribution < 1.29 is 9.59 Å². The molecular weight excluding hydrogens is 178 g/mol. The maximum absolute atomic E-state index is 11.6. The number of aldehydes is 1. The van der Waals surface area contributed by atoms with E-state index in [4.69, 9.17) is 5.73 Å². The van der Waals surface area contributed by atoms with Crippen LogP contribution in [-0.2, 0) is 4.79 Å². The summed E-state index contributed by atoms with van der Waals surface area (Å²) in [5.74, 6) is -0.270. The molecule has 0 aliphatic heterocycles. The monoisotopic (exact) mass is 191 g/mol. The fourth-order valence-corrected chi connectivity index (χ4v) is 1.18. The van der Waals surface area contributed by atoms with Gasteiger partial charge in [-0.25, -0.2) is 0 Å². The van der Waals surface area contributed by atoms with E-state index in [1.807, 2.05) is 0 Å². The first-order chi connectivity index (χ1) is 6.65. The van der Waals surface area contributed by atoms with E-state index in [1.165, 1.54) is 0 Å². The second kappa shape index (κ2) is 4.56. The Balaban J connectivity index is 2.78. The van der Waals surface area contributed by atoms with Crippen LogP contribution in [0.3, 0.4) is 0 Å². The summed E-state index contributed by atoms with van der Waals surface area (Å²) < 4.78 is 0. The molecule has 1 aromatic rings. The second-order valence-electron chi connectivity index (χ2n) is 3.29. The van der Waals surface area contributed by atoms with E-state index in [0.717, 1.165) is 6.29 Å². The van der Waals surface area contributed by atoms with Gasteiger partial charge in [-0.15, -0.1) is 0 Å². The van der Waals surface area contributed by atoms with Crippen LogP contribution in [0.5, 0.6) is 0 Å². The highest BCUT2D eigenvalue weighted by molar-refractivity contribution is 5.98. The summed E-state index contributed by atoms with van der Waals surface area (Å²) in [7, 11) is 0. The number of anilines is 1. The first-order valence-corrected chi connectivity index (χ1v) is 4.48. The lowest BCUT2D eigenvalue weighted by atomic mass is 9.97. The van der Waals surface area contributed by atoms with Crippen molar-refractivity contribution in [2.45, 2.75) is 13.3 Å². The number of carbonyl (C=O) groups excluding carboxylic acids is 2. The standard InChI is InChI=1S/C11H13NO2/c1-8(6-7-13)11(14)9-2-4-10(12)5-3-9/h2-5,7-8H,6,12H2,1H3. The van der Waals surface area contributed by atoms with Gasteiger partial charge in [0.2, 0.25) is 0 Å². The quantitative estimate of drug-likeness (QED) is 0.447. The van der Waals surface area contributed by atoms with Gasteiger partial charge in [0.05, 0.1) is 0 Å². The zero-order valence-corrected chi connectivity index (χ0v) is 8.07. The van der Waals surface area contributed by atoms with Crippen LogP contribution in [0.25, 0.3) is 0 Å². The molecule has 0 amide bonds. The Morgan fingerprint density at radius 1 is 1.43 bits per heavy atom. The zero-order valence-electron chi connectivity index (χ0n) is 8.07. The van der Waals surface area contributed by atoms with E-state index in [1.54, 1.807) is 31.2 Å². The summed E-state index contributed by atoms with van der Waals surface area (Å²) in [6, 6.07) is 6.72. The number of hydrogen-bond donors (Lipinski definition) is 1. The molecule has 0 spiro atoms. The Morgan fingerprint density at radius 2 is 2.00 bits per heavy atom. The van der Waals surface area contributed by atoms with E-state index in [9.17, 15) is 9.59 Å². The predicted molar refractivity (Wildman–Crippen MR) is 55.0 cm³/mol. The molecule has 1 atom stereocenters. The third-order valence-corrected chi connectivity index (χ3v) is 2.09. The molecule has 0 aromatic heterocycles. The number of ketones is 1. The van der Waals surface area contributed by atoms with Gasteiger partial charge in [0, 0.05) is 23.6 Å². The zero-order chi connectivity index (χ0) is 10.6. The largest absolute Gasteiger partial charge is 0.399 e. The highest BCUT2D eigenvalue weighted by Crippen LogP contribution is 2.12. The van der Waals surface area contributed by atoms with Gasteiger partial charge in [-0.3, -0.25) is 4.79 Å². The molecule has 1 unspecified atom stereocenters. The van der Waals surface area contributed by atoms with Crippen molar-refractivity contribution in [3.63, 3.8) is 0 Å². The molecule has 2 N–H and O–H groups in total. The number of rotatable bonds is 4. The van der Waals surface area contributed by atoms with Crippen molar-refractivity contribution in [1.82, 2.24) is 0 Å². The normalized spacial score (nSPS) is 12.1. The highest BCUT2D eigenvalue weighted by Gasteiger charge is 2.13. The average Bonchev–Trinajstić information content (AvgIpc) is 2.18. The minimum atomic E-state index is -0.254. The van der Waals surface area contributed by atoms with Crippen LogP contribution in [0.4, 0.5) is 5.69 Å². The Labute approximate surface area is 82.9 Å². The molecule has 14 heavy (non-hydrogen) atoms. The second-order valence-corrected chi connectivity index (χ2v) is 3.29. The van der Waals surface area contributed by atoms with Gasteiger partial charge < -0.3 is 10.5 Å². The summed E-state index contributed by atoms with van der Waals surface area (Å²) in [5, 5.41) is 0. The minimum Gasteiger partial charge on any atom is -0.399 e. The van der Waals surface area contributed by atoms with E-state index in [-0.39, 0.29) is 18.1 Å². The molecule has 1 aromatic carbocycles. The van der Waals surface area contributed by atoms with Crippen molar-refractivity contribution in [1.29, 1.82) is 0 Å². The summed E-state index contributed by atoms with van der Waals surface area (Å²) >= 11 is 0. The lowest BCUT2D eigenvalue weighted by Gasteiger charge is -2.06. The molecule has 3 heteroatoms. The lowest BCUT2D eigenvalue weighted by molar-refractivity contribution is -0.108. The van der Waals surface area contributed by atoms with Gasteiger partial charge in [0.15, 0.2) is 5.78 Å². The molecular formula is C11H13NO2. The summed E-state index contributed by atoms with van der Waals surface area (Å²) in [4.78, 5) is 21.9. The van der Waals surface area contributed by atoms with E-state index < -0.39 is 0 Å². The number of Topliss-reactive ketones (excluding diaryl/α,β-unsaturated/α-hetero) is 1. The first-order valence-electron chi connectivity index (χ1n) is 4.48. The maximum Gasteiger partial charge on any atom is 0.166 e. The molecule has 0 saturated carbocycles. The van der Waals surface area contributed by atoms with Crippen molar-refractivity contribution in [3.8, 4) is 0 Å². The average molecular weight is 191 g/mol. The number of nitrogen functional groups attached to an aromatic ring is 1. The number of benzene rings is 1. The SMILES string of the molecule is CC(CC=O)C(=O)c1ccc(N)cc1. The molecule has 0 aliphatic rings. The van der Waals surface area contributed by atoms with Crippen molar-refractivity contribution in [2.24, 2.45) is 5.92 Å². The molecule has 3 nitrogen and oxygen atoms in total.